The molecule has 0 aromatic heterocycles. The van der Waals surface area contributed by atoms with Crippen molar-refractivity contribution in [1.29, 1.82) is 0 Å². The van der Waals surface area contributed by atoms with Crippen molar-refractivity contribution >= 4 is 5.69 Å². The van der Waals surface area contributed by atoms with E-state index in [-0.39, 0.29) is 5.41 Å². The Hall–Kier alpha value is -1.26. The molecule has 1 fully saturated rings. The average Bonchev–Trinajstić information content (AvgIpc) is 2.48. The van der Waals surface area contributed by atoms with E-state index < -0.39 is 0 Å². The third-order valence-electron chi connectivity index (χ3n) is 3.92. The lowest BCUT2D eigenvalue weighted by molar-refractivity contribution is 0.00170. The highest BCUT2D eigenvalue weighted by Crippen LogP contribution is 2.30. The lowest BCUT2D eigenvalue weighted by Crippen LogP contribution is -2.46. The molecule has 0 saturated carbocycles. The Morgan fingerprint density at radius 2 is 2.11 bits per heavy atom. The molecule has 1 aliphatic rings. The van der Waals surface area contributed by atoms with Gasteiger partial charge in [0.15, 0.2) is 0 Å². The van der Waals surface area contributed by atoms with Crippen molar-refractivity contribution in [3.8, 4) is 5.75 Å². The van der Waals surface area contributed by atoms with E-state index in [0.29, 0.717) is 6.54 Å². The van der Waals surface area contributed by atoms with Crippen LogP contribution in [0, 0.1) is 5.41 Å². The molecule has 1 atom stereocenters. The van der Waals surface area contributed by atoms with Crippen LogP contribution in [-0.4, -0.2) is 40.5 Å². The molecule has 4 nitrogen and oxygen atoms in total. The van der Waals surface area contributed by atoms with Crippen molar-refractivity contribution in [2.45, 2.75) is 12.8 Å². The predicted octanol–water partition coefficient (Wildman–Crippen LogP) is 1.89. The van der Waals surface area contributed by atoms with Crippen molar-refractivity contribution in [3.63, 3.8) is 0 Å². The number of hydrogen-bond acceptors (Lipinski definition) is 4. The molecule has 1 heterocycles. The number of nitrogens with two attached hydrogens (primary N) is 1. The van der Waals surface area contributed by atoms with Crippen molar-refractivity contribution in [3.05, 3.63) is 24.3 Å². The molecule has 4 heteroatoms. The van der Waals surface area contributed by atoms with Crippen LogP contribution in [0.15, 0.2) is 24.3 Å². The second-order valence-corrected chi connectivity index (χ2v) is 5.41. The topological polar surface area (TPSA) is 47.7 Å². The maximum atomic E-state index is 5.98. The zero-order valence-electron chi connectivity index (χ0n) is 11.9. The average molecular weight is 264 g/mol. The Morgan fingerprint density at radius 3 is 2.63 bits per heavy atom. The molecule has 0 bridgehead atoms. The van der Waals surface area contributed by atoms with Crippen LogP contribution in [0.1, 0.15) is 12.8 Å². The van der Waals surface area contributed by atoms with Crippen molar-refractivity contribution in [2.75, 3.05) is 45.4 Å². The van der Waals surface area contributed by atoms with Crippen molar-refractivity contribution in [1.82, 2.24) is 0 Å². The Kier molecular flexibility index (Phi) is 4.66. The summed E-state index contributed by atoms with van der Waals surface area (Å²) in [5, 5.41) is 0. The van der Waals surface area contributed by atoms with E-state index in [0.717, 1.165) is 38.3 Å². The van der Waals surface area contributed by atoms with Crippen LogP contribution in [0.4, 0.5) is 5.69 Å². The van der Waals surface area contributed by atoms with Gasteiger partial charge in [-0.05, 0) is 37.1 Å². The molecule has 0 aliphatic carbocycles. The van der Waals surface area contributed by atoms with Crippen molar-refractivity contribution in [2.24, 2.45) is 11.1 Å². The summed E-state index contributed by atoms with van der Waals surface area (Å²) in [4.78, 5) is 2.25. The van der Waals surface area contributed by atoms with Crippen LogP contribution in [0.25, 0.3) is 0 Å². The SMILES string of the molecule is COc1ccc(N(C)CC2(CN)CCCOC2)cc1. The molecule has 1 unspecified atom stereocenters. The van der Waals surface area contributed by atoms with Crippen LogP contribution in [0.5, 0.6) is 5.75 Å². The summed E-state index contributed by atoms with van der Waals surface area (Å²) in [5.41, 5.74) is 7.25. The number of hydrogen-bond donors (Lipinski definition) is 1. The van der Waals surface area contributed by atoms with Gasteiger partial charge in [0, 0.05) is 37.8 Å². The molecule has 1 aromatic rings. The van der Waals surface area contributed by atoms with E-state index in [1.807, 2.05) is 12.1 Å². The highest BCUT2D eigenvalue weighted by molar-refractivity contribution is 5.48. The summed E-state index contributed by atoms with van der Waals surface area (Å²) < 4.78 is 10.8. The Morgan fingerprint density at radius 1 is 1.37 bits per heavy atom. The first-order valence-corrected chi connectivity index (χ1v) is 6.82. The molecule has 0 radical (unpaired) electrons. The summed E-state index contributed by atoms with van der Waals surface area (Å²) in [6.45, 7) is 3.24. The maximum absolute atomic E-state index is 5.98. The number of methoxy groups -OCH3 is 1. The van der Waals surface area contributed by atoms with Crippen LogP contribution >= 0.6 is 0 Å². The largest absolute Gasteiger partial charge is 0.497 e. The van der Waals surface area contributed by atoms with Gasteiger partial charge in [-0.1, -0.05) is 0 Å². The first-order chi connectivity index (χ1) is 9.19. The third kappa shape index (κ3) is 3.39. The van der Waals surface area contributed by atoms with Crippen LogP contribution in [0.3, 0.4) is 0 Å². The quantitative estimate of drug-likeness (QED) is 0.882. The predicted molar refractivity (Wildman–Crippen MR) is 77.8 cm³/mol. The molecule has 1 aliphatic heterocycles. The highest BCUT2D eigenvalue weighted by atomic mass is 16.5. The van der Waals surface area contributed by atoms with E-state index in [4.69, 9.17) is 15.2 Å². The molecule has 1 aromatic carbocycles. The summed E-state index contributed by atoms with van der Waals surface area (Å²) in [5.74, 6) is 0.881. The minimum atomic E-state index is 0.0902. The van der Waals surface area contributed by atoms with E-state index in [9.17, 15) is 0 Å². The first-order valence-electron chi connectivity index (χ1n) is 6.82. The lowest BCUT2D eigenvalue weighted by atomic mass is 9.82. The van der Waals surface area contributed by atoms with Crippen LogP contribution in [0.2, 0.25) is 0 Å². The van der Waals surface area contributed by atoms with Gasteiger partial charge in [0.25, 0.3) is 0 Å². The fraction of sp³-hybridized carbons (Fsp3) is 0.600. The summed E-state index contributed by atoms with van der Waals surface area (Å²) in [6, 6.07) is 8.12. The minimum absolute atomic E-state index is 0.0902. The fourth-order valence-corrected chi connectivity index (χ4v) is 2.69. The Bertz CT molecular complexity index is 386. The molecular weight excluding hydrogens is 240 g/mol. The third-order valence-corrected chi connectivity index (χ3v) is 3.92. The standard InChI is InChI=1S/C15H24N2O2/c1-17(13-4-6-14(18-2)7-5-13)11-15(10-16)8-3-9-19-12-15/h4-7H,3,8-12,16H2,1-2H3. The van der Waals surface area contributed by atoms with Crippen molar-refractivity contribution < 1.29 is 9.47 Å². The Balaban J connectivity index is 2.03. The number of benzene rings is 1. The normalized spacial score (nSPS) is 23.1. The van der Waals surface area contributed by atoms with E-state index in [1.165, 1.54) is 5.69 Å². The molecule has 2 rings (SSSR count). The van der Waals surface area contributed by atoms with Gasteiger partial charge in [-0.15, -0.1) is 0 Å². The van der Waals surface area contributed by atoms with Crippen LogP contribution in [-0.2, 0) is 4.74 Å². The minimum Gasteiger partial charge on any atom is -0.497 e. The maximum Gasteiger partial charge on any atom is 0.119 e. The van der Waals surface area contributed by atoms with Gasteiger partial charge < -0.3 is 20.1 Å². The molecule has 0 spiro atoms. The zero-order chi connectivity index (χ0) is 13.7. The van der Waals surface area contributed by atoms with Gasteiger partial charge in [0.2, 0.25) is 0 Å². The molecule has 0 amide bonds. The molecular formula is C15H24N2O2. The highest BCUT2D eigenvalue weighted by Gasteiger charge is 2.32. The van der Waals surface area contributed by atoms with E-state index >= 15 is 0 Å². The van der Waals surface area contributed by atoms with Gasteiger partial charge in [-0.2, -0.15) is 0 Å². The molecule has 1 saturated heterocycles. The first kappa shape index (κ1) is 14.2. The Labute approximate surface area is 115 Å². The molecule has 19 heavy (non-hydrogen) atoms. The fourth-order valence-electron chi connectivity index (χ4n) is 2.69. The smallest absolute Gasteiger partial charge is 0.119 e. The monoisotopic (exact) mass is 264 g/mol. The van der Waals surface area contributed by atoms with E-state index in [2.05, 4.69) is 24.1 Å². The van der Waals surface area contributed by atoms with Gasteiger partial charge in [-0.25, -0.2) is 0 Å². The summed E-state index contributed by atoms with van der Waals surface area (Å²) in [7, 11) is 3.79. The number of nitrogens with zero attached hydrogens (tertiary/aromatic N) is 1. The van der Waals surface area contributed by atoms with E-state index in [1.54, 1.807) is 7.11 Å². The van der Waals surface area contributed by atoms with Gasteiger partial charge in [0.1, 0.15) is 5.75 Å². The van der Waals surface area contributed by atoms with Crippen LogP contribution < -0.4 is 15.4 Å². The number of anilines is 1. The number of ether oxygens (including phenoxy) is 2. The van der Waals surface area contributed by atoms with Gasteiger partial charge in [-0.3, -0.25) is 0 Å². The molecule has 106 valence electrons. The van der Waals surface area contributed by atoms with Gasteiger partial charge in [0.05, 0.1) is 13.7 Å². The summed E-state index contributed by atoms with van der Waals surface area (Å²) in [6.07, 6.45) is 2.25. The summed E-state index contributed by atoms with van der Waals surface area (Å²) >= 11 is 0. The second kappa shape index (κ2) is 6.26. The molecule has 2 N–H and O–H groups in total. The number of rotatable bonds is 5. The lowest BCUT2D eigenvalue weighted by Gasteiger charge is -2.39. The zero-order valence-corrected chi connectivity index (χ0v) is 11.9. The van der Waals surface area contributed by atoms with Gasteiger partial charge >= 0.3 is 0 Å². The second-order valence-electron chi connectivity index (χ2n) is 5.41.